The Bertz CT molecular complexity index is 294. The highest BCUT2D eigenvalue weighted by Crippen LogP contribution is 2.46. The zero-order chi connectivity index (χ0) is 8.60. The molecule has 0 saturated heterocycles. The molecule has 0 bridgehead atoms. The van der Waals surface area contributed by atoms with Crippen molar-refractivity contribution in [2.45, 2.75) is 18.3 Å². The van der Waals surface area contributed by atoms with E-state index in [9.17, 15) is 0 Å². The van der Waals surface area contributed by atoms with Crippen molar-refractivity contribution in [2.24, 2.45) is 5.73 Å². The topological polar surface area (TPSA) is 38.9 Å². The van der Waals surface area contributed by atoms with Crippen LogP contribution in [0, 0.1) is 0 Å². The number of hydrogen-bond acceptors (Lipinski definition) is 2. The molecule has 0 unspecified atom stereocenters. The minimum absolute atomic E-state index is 0.158. The van der Waals surface area contributed by atoms with Gasteiger partial charge in [-0.05, 0) is 25.0 Å². The molecule has 1 fully saturated rings. The molecule has 0 aromatic carbocycles. The van der Waals surface area contributed by atoms with Crippen LogP contribution in [0.5, 0.6) is 0 Å². The molecule has 2 rings (SSSR count). The van der Waals surface area contributed by atoms with Crippen molar-refractivity contribution < 1.29 is 0 Å². The zero-order valence-electron chi connectivity index (χ0n) is 6.76. The number of halogens is 1. The summed E-state index contributed by atoms with van der Waals surface area (Å²) in [5.41, 5.74) is 6.88. The summed E-state index contributed by atoms with van der Waals surface area (Å²) in [6, 6.07) is 3.71. The first kappa shape index (κ1) is 8.02. The van der Waals surface area contributed by atoms with Gasteiger partial charge in [0.25, 0.3) is 0 Å². The highest BCUT2D eigenvalue weighted by Gasteiger charge is 2.44. The van der Waals surface area contributed by atoms with Gasteiger partial charge in [-0.25, -0.2) is 0 Å². The SMILES string of the molecule is NCC1(c2cc(Cl)ccn2)CC1. The summed E-state index contributed by atoms with van der Waals surface area (Å²) in [5, 5.41) is 0.750. The fourth-order valence-electron chi connectivity index (χ4n) is 1.41. The van der Waals surface area contributed by atoms with Gasteiger partial charge in [-0.1, -0.05) is 11.6 Å². The van der Waals surface area contributed by atoms with E-state index in [0.717, 1.165) is 23.6 Å². The van der Waals surface area contributed by atoms with Gasteiger partial charge in [0.2, 0.25) is 0 Å². The molecule has 1 aromatic rings. The second kappa shape index (κ2) is 2.71. The van der Waals surface area contributed by atoms with Crippen molar-refractivity contribution in [3.63, 3.8) is 0 Å². The third kappa shape index (κ3) is 1.21. The van der Waals surface area contributed by atoms with E-state index in [0.29, 0.717) is 6.54 Å². The second-order valence-electron chi connectivity index (χ2n) is 3.34. The molecule has 12 heavy (non-hydrogen) atoms. The number of aromatic nitrogens is 1. The summed E-state index contributed by atoms with van der Waals surface area (Å²) in [7, 11) is 0. The van der Waals surface area contributed by atoms with Crippen LogP contribution in [-0.4, -0.2) is 11.5 Å². The van der Waals surface area contributed by atoms with E-state index in [1.165, 1.54) is 0 Å². The van der Waals surface area contributed by atoms with Gasteiger partial charge in [-0.15, -0.1) is 0 Å². The standard InChI is InChI=1S/C9H11ClN2/c10-7-1-4-12-8(5-7)9(6-11)2-3-9/h1,4-5H,2-3,6,11H2. The fraction of sp³-hybridized carbons (Fsp3) is 0.444. The molecule has 1 aliphatic carbocycles. The smallest absolute Gasteiger partial charge is 0.0492 e. The largest absolute Gasteiger partial charge is 0.330 e. The molecule has 2 nitrogen and oxygen atoms in total. The lowest BCUT2D eigenvalue weighted by atomic mass is 10.0. The van der Waals surface area contributed by atoms with Gasteiger partial charge >= 0.3 is 0 Å². The van der Waals surface area contributed by atoms with E-state index in [2.05, 4.69) is 4.98 Å². The van der Waals surface area contributed by atoms with Crippen molar-refractivity contribution in [3.8, 4) is 0 Å². The Morgan fingerprint density at radius 1 is 1.58 bits per heavy atom. The van der Waals surface area contributed by atoms with Crippen LogP contribution in [0.3, 0.4) is 0 Å². The lowest BCUT2D eigenvalue weighted by Gasteiger charge is -2.10. The maximum Gasteiger partial charge on any atom is 0.0492 e. The van der Waals surface area contributed by atoms with Crippen molar-refractivity contribution in [1.82, 2.24) is 4.98 Å². The number of hydrogen-bond donors (Lipinski definition) is 1. The lowest BCUT2D eigenvalue weighted by Crippen LogP contribution is -2.20. The van der Waals surface area contributed by atoms with Gasteiger partial charge in [0.15, 0.2) is 0 Å². The van der Waals surface area contributed by atoms with Crippen LogP contribution in [0.15, 0.2) is 18.3 Å². The quantitative estimate of drug-likeness (QED) is 0.757. The van der Waals surface area contributed by atoms with Gasteiger partial charge in [-0.2, -0.15) is 0 Å². The Morgan fingerprint density at radius 3 is 2.83 bits per heavy atom. The second-order valence-corrected chi connectivity index (χ2v) is 3.78. The van der Waals surface area contributed by atoms with Crippen LogP contribution in [0.1, 0.15) is 18.5 Å². The predicted octanol–water partition coefficient (Wildman–Crippen LogP) is 1.73. The monoisotopic (exact) mass is 182 g/mol. The van der Waals surface area contributed by atoms with Crippen LogP contribution in [0.25, 0.3) is 0 Å². The lowest BCUT2D eigenvalue weighted by molar-refractivity contribution is 0.678. The van der Waals surface area contributed by atoms with E-state index in [4.69, 9.17) is 17.3 Å². The maximum absolute atomic E-state index is 5.85. The summed E-state index contributed by atoms with van der Waals surface area (Å²) >= 11 is 5.85. The Balaban J connectivity index is 2.34. The average Bonchev–Trinajstić information content (AvgIpc) is 2.84. The molecule has 1 saturated carbocycles. The van der Waals surface area contributed by atoms with E-state index >= 15 is 0 Å². The summed E-state index contributed by atoms with van der Waals surface area (Å²) in [5.74, 6) is 0. The third-order valence-electron chi connectivity index (χ3n) is 2.51. The molecule has 0 radical (unpaired) electrons. The highest BCUT2D eigenvalue weighted by atomic mass is 35.5. The summed E-state index contributed by atoms with van der Waals surface area (Å²) in [4.78, 5) is 4.28. The number of pyridine rings is 1. The average molecular weight is 183 g/mol. The Labute approximate surface area is 76.7 Å². The van der Waals surface area contributed by atoms with Crippen LogP contribution < -0.4 is 5.73 Å². The maximum atomic E-state index is 5.85. The van der Waals surface area contributed by atoms with Gasteiger partial charge in [-0.3, -0.25) is 4.98 Å². The third-order valence-corrected chi connectivity index (χ3v) is 2.74. The highest BCUT2D eigenvalue weighted by molar-refractivity contribution is 6.30. The van der Waals surface area contributed by atoms with Gasteiger partial charge < -0.3 is 5.73 Å². The van der Waals surface area contributed by atoms with Crippen LogP contribution in [-0.2, 0) is 5.41 Å². The fourth-order valence-corrected chi connectivity index (χ4v) is 1.57. The van der Waals surface area contributed by atoms with Crippen molar-refractivity contribution >= 4 is 11.6 Å². The normalized spacial score (nSPS) is 19.2. The minimum atomic E-state index is 0.158. The van der Waals surface area contributed by atoms with E-state index in [1.807, 2.05) is 6.07 Å². The number of rotatable bonds is 2. The Kier molecular flexibility index (Phi) is 1.81. The first-order valence-corrected chi connectivity index (χ1v) is 4.47. The first-order valence-electron chi connectivity index (χ1n) is 4.09. The molecular weight excluding hydrogens is 172 g/mol. The van der Waals surface area contributed by atoms with Crippen molar-refractivity contribution in [1.29, 1.82) is 0 Å². The first-order chi connectivity index (χ1) is 5.77. The van der Waals surface area contributed by atoms with E-state index < -0.39 is 0 Å². The van der Waals surface area contributed by atoms with Crippen LogP contribution in [0.4, 0.5) is 0 Å². The van der Waals surface area contributed by atoms with E-state index in [-0.39, 0.29) is 5.41 Å². The van der Waals surface area contributed by atoms with Crippen molar-refractivity contribution in [2.75, 3.05) is 6.54 Å². The predicted molar refractivity (Wildman–Crippen MR) is 49.2 cm³/mol. The molecule has 0 aliphatic heterocycles. The van der Waals surface area contributed by atoms with Crippen LogP contribution >= 0.6 is 11.6 Å². The molecule has 64 valence electrons. The molecule has 1 aromatic heterocycles. The molecule has 2 N–H and O–H groups in total. The molecule has 0 spiro atoms. The van der Waals surface area contributed by atoms with Gasteiger partial charge in [0.1, 0.15) is 0 Å². The number of nitrogens with zero attached hydrogens (tertiary/aromatic N) is 1. The molecule has 1 aliphatic rings. The van der Waals surface area contributed by atoms with Crippen molar-refractivity contribution in [3.05, 3.63) is 29.0 Å². The number of nitrogens with two attached hydrogens (primary N) is 1. The minimum Gasteiger partial charge on any atom is -0.330 e. The Hall–Kier alpha value is -0.600. The molecular formula is C9H11ClN2. The molecule has 0 amide bonds. The molecule has 3 heteroatoms. The molecule has 0 atom stereocenters. The summed E-state index contributed by atoms with van der Waals surface area (Å²) in [6.07, 6.45) is 4.04. The van der Waals surface area contributed by atoms with Gasteiger partial charge in [0, 0.05) is 28.9 Å². The van der Waals surface area contributed by atoms with E-state index in [1.54, 1.807) is 12.3 Å². The summed E-state index contributed by atoms with van der Waals surface area (Å²) in [6.45, 7) is 0.681. The Morgan fingerprint density at radius 2 is 2.33 bits per heavy atom. The van der Waals surface area contributed by atoms with Crippen LogP contribution in [0.2, 0.25) is 5.02 Å². The van der Waals surface area contributed by atoms with Gasteiger partial charge in [0.05, 0.1) is 0 Å². The molecule has 1 heterocycles. The summed E-state index contributed by atoms with van der Waals surface area (Å²) < 4.78 is 0. The zero-order valence-corrected chi connectivity index (χ0v) is 7.51.